The molecule has 0 fully saturated rings. The lowest BCUT2D eigenvalue weighted by Gasteiger charge is -2.22. The van der Waals surface area contributed by atoms with E-state index in [0.717, 1.165) is 39.4 Å². The van der Waals surface area contributed by atoms with E-state index < -0.39 is 0 Å². The number of hydrogen-bond donors (Lipinski definition) is 1. The van der Waals surface area contributed by atoms with Crippen LogP contribution in [0.4, 0.5) is 11.4 Å². The fourth-order valence-corrected chi connectivity index (χ4v) is 3.41. The Labute approximate surface area is 198 Å². The summed E-state index contributed by atoms with van der Waals surface area (Å²) in [6.45, 7) is 3.75. The first kappa shape index (κ1) is 26.0. The van der Waals surface area contributed by atoms with Gasteiger partial charge in [-0.1, -0.05) is 38.1 Å². The predicted octanol–water partition coefficient (Wildman–Crippen LogP) is 5.97. The Balaban J connectivity index is 0.000000758. The number of hydrogen-bond acceptors (Lipinski definition) is 6. The van der Waals surface area contributed by atoms with Gasteiger partial charge in [-0.3, -0.25) is 4.79 Å². The van der Waals surface area contributed by atoms with E-state index in [2.05, 4.69) is 0 Å². The van der Waals surface area contributed by atoms with Crippen LogP contribution in [-0.4, -0.2) is 32.8 Å². The number of methoxy groups -OCH3 is 2. The molecule has 0 bridgehead atoms. The van der Waals surface area contributed by atoms with E-state index in [9.17, 15) is 4.79 Å². The maximum absolute atomic E-state index is 12.1. The zero-order valence-electron chi connectivity index (χ0n) is 19.9. The number of benzene rings is 3. The molecule has 0 atom stereocenters. The molecule has 4 rings (SSSR count). The Morgan fingerprint density at radius 2 is 1.56 bits per heavy atom. The molecule has 0 radical (unpaired) electrons. The van der Waals surface area contributed by atoms with E-state index in [0.29, 0.717) is 5.58 Å². The largest absolute Gasteiger partial charge is 0.497 e. The summed E-state index contributed by atoms with van der Waals surface area (Å²) in [5, 5.41) is 7.76. The second kappa shape index (κ2) is 12.7. The van der Waals surface area contributed by atoms with Crippen LogP contribution in [-0.2, 0) is 4.79 Å². The maximum Gasteiger partial charge on any atom is 0.338 e. The van der Waals surface area contributed by atoms with Crippen LogP contribution in [0.5, 0.6) is 11.5 Å². The Bertz CT molecular complexity index is 1260. The van der Waals surface area contributed by atoms with Gasteiger partial charge in [-0.15, -0.1) is 0 Å². The van der Waals surface area contributed by atoms with Crippen LogP contribution in [0.15, 0.2) is 82.0 Å². The average molecular weight is 464 g/mol. The first-order valence-electron chi connectivity index (χ1n) is 10.7. The van der Waals surface area contributed by atoms with Gasteiger partial charge in [0.15, 0.2) is 0 Å². The van der Waals surface area contributed by atoms with Crippen LogP contribution in [0.25, 0.3) is 22.1 Å². The van der Waals surface area contributed by atoms with Crippen molar-refractivity contribution < 1.29 is 23.8 Å². The molecule has 7 heteroatoms. The number of rotatable bonds is 5. The lowest BCUT2D eigenvalue weighted by atomic mass is 10.0. The molecule has 0 saturated carbocycles. The average Bonchev–Trinajstić information content (AvgIpc) is 2.89. The molecule has 0 amide bonds. The highest BCUT2D eigenvalue weighted by molar-refractivity contribution is 5.92. The molecule has 1 aromatic heterocycles. The fraction of sp³-hybridized carbons (Fsp3) is 0.185. The number of anilines is 2. The van der Waals surface area contributed by atoms with Crippen LogP contribution in [0, 0.1) is 0 Å². The standard InChI is InChI=1S/C24H21NO4.C2H6.CH2O2/c1-25(21-15-24(26)29-23-7-5-4-6-19(21)23)17-10-13-22(28-3)20(14-17)16-8-11-18(27-2)12-9-16;1-2;2-1-3/h4-15H,1-3H3;1-2H3;1H,(H,2,3). The minimum absolute atomic E-state index is 0.250. The molecule has 1 N–H and O–H groups in total. The Morgan fingerprint density at radius 1 is 0.912 bits per heavy atom. The van der Waals surface area contributed by atoms with E-state index in [1.54, 1.807) is 20.3 Å². The van der Waals surface area contributed by atoms with Gasteiger partial charge in [0.2, 0.25) is 0 Å². The van der Waals surface area contributed by atoms with Crippen molar-refractivity contribution in [3.05, 3.63) is 83.2 Å². The second-order valence-corrected chi connectivity index (χ2v) is 6.72. The molecule has 0 saturated heterocycles. The summed E-state index contributed by atoms with van der Waals surface area (Å²) >= 11 is 0. The zero-order valence-corrected chi connectivity index (χ0v) is 19.9. The zero-order chi connectivity index (χ0) is 25.1. The third kappa shape index (κ3) is 5.95. The van der Waals surface area contributed by atoms with Gasteiger partial charge in [-0.05, 0) is 48.0 Å². The molecule has 0 unspecified atom stereocenters. The van der Waals surface area contributed by atoms with Gasteiger partial charge in [-0.25, -0.2) is 4.79 Å². The summed E-state index contributed by atoms with van der Waals surface area (Å²) in [6.07, 6.45) is 0. The second-order valence-electron chi connectivity index (χ2n) is 6.72. The quantitative estimate of drug-likeness (QED) is 0.288. The van der Waals surface area contributed by atoms with Gasteiger partial charge in [0.1, 0.15) is 17.1 Å². The lowest BCUT2D eigenvalue weighted by Crippen LogP contribution is -2.13. The molecule has 7 nitrogen and oxygen atoms in total. The highest BCUT2D eigenvalue weighted by Crippen LogP contribution is 2.37. The summed E-state index contributed by atoms with van der Waals surface area (Å²) in [5.74, 6) is 1.56. The number of nitrogens with zero attached hydrogens (tertiary/aromatic N) is 1. The molecular formula is C27H29NO6. The maximum atomic E-state index is 12.1. The summed E-state index contributed by atoms with van der Waals surface area (Å²) in [4.78, 5) is 22.4. The fourth-order valence-electron chi connectivity index (χ4n) is 3.41. The Hall–Kier alpha value is -4.26. The van der Waals surface area contributed by atoms with Crippen molar-refractivity contribution >= 4 is 28.8 Å². The molecule has 3 aromatic carbocycles. The van der Waals surface area contributed by atoms with E-state index >= 15 is 0 Å². The summed E-state index contributed by atoms with van der Waals surface area (Å²) in [7, 11) is 5.23. The Kier molecular flexibility index (Phi) is 9.71. The van der Waals surface area contributed by atoms with Crippen LogP contribution in [0.3, 0.4) is 0 Å². The van der Waals surface area contributed by atoms with E-state index in [4.69, 9.17) is 23.8 Å². The molecule has 34 heavy (non-hydrogen) atoms. The van der Waals surface area contributed by atoms with Crippen molar-refractivity contribution in [2.45, 2.75) is 13.8 Å². The summed E-state index contributed by atoms with van der Waals surface area (Å²) in [5.41, 5.74) is 3.84. The van der Waals surface area contributed by atoms with Crippen molar-refractivity contribution in [1.82, 2.24) is 0 Å². The monoisotopic (exact) mass is 463 g/mol. The molecular weight excluding hydrogens is 434 g/mol. The van der Waals surface area contributed by atoms with Crippen molar-refractivity contribution in [3.8, 4) is 22.6 Å². The van der Waals surface area contributed by atoms with Gasteiger partial charge in [0.25, 0.3) is 6.47 Å². The minimum Gasteiger partial charge on any atom is -0.497 e. The number of para-hydroxylation sites is 1. The minimum atomic E-state index is -0.380. The van der Waals surface area contributed by atoms with E-state index in [1.807, 2.05) is 86.5 Å². The molecule has 4 aromatic rings. The molecule has 178 valence electrons. The van der Waals surface area contributed by atoms with Crippen LogP contribution in [0.1, 0.15) is 13.8 Å². The van der Waals surface area contributed by atoms with Crippen molar-refractivity contribution in [2.75, 3.05) is 26.2 Å². The molecule has 0 aliphatic carbocycles. The Morgan fingerprint density at radius 3 is 2.18 bits per heavy atom. The normalized spacial score (nSPS) is 9.68. The number of ether oxygens (including phenoxy) is 2. The summed E-state index contributed by atoms with van der Waals surface area (Å²) < 4.78 is 16.2. The lowest BCUT2D eigenvalue weighted by molar-refractivity contribution is -0.122. The van der Waals surface area contributed by atoms with Gasteiger partial charge >= 0.3 is 5.63 Å². The third-order valence-corrected chi connectivity index (χ3v) is 4.96. The first-order chi connectivity index (χ1) is 16.5. The summed E-state index contributed by atoms with van der Waals surface area (Å²) in [6, 6.07) is 22.8. The SMILES string of the molecule is CC.COc1ccc(-c2cc(N(C)c3cc(=O)oc4ccccc34)ccc2OC)cc1.O=CO. The highest BCUT2D eigenvalue weighted by atomic mass is 16.5. The van der Waals surface area contributed by atoms with Crippen molar-refractivity contribution in [1.29, 1.82) is 0 Å². The van der Waals surface area contributed by atoms with Crippen molar-refractivity contribution in [2.24, 2.45) is 0 Å². The molecule has 1 heterocycles. The van der Waals surface area contributed by atoms with Crippen LogP contribution < -0.4 is 20.0 Å². The predicted molar refractivity (Wildman–Crippen MR) is 136 cm³/mol. The number of carboxylic acid groups (broad SMARTS) is 1. The van der Waals surface area contributed by atoms with Gasteiger partial charge < -0.3 is 23.9 Å². The van der Waals surface area contributed by atoms with E-state index in [-0.39, 0.29) is 12.1 Å². The first-order valence-corrected chi connectivity index (χ1v) is 10.7. The number of carbonyl (C=O) groups is 1. The smallest absolute Gasteiger partial charge is 0.338 e. The van der Waals surface area contributed by atoms with Gasteiger partial charge in [0, 0.05) is 29.8 Å². The topological polar surface area (TPSA) is 89.2 Å². The highest BCUT2D eigenvalue weighted by Gasteiger charge is 2.14. The van der Waals surface area contributed by atoms with Crippen LogP contribution >= 0.6 is 0 Å². The third-order valence-electron chi connectivity index (χ3n) is 4.96. The molecule has 0 aliphatic rings. The van der Waals surface area contributed by atoms with Gasteiger partial charge in [0.05, 0.1) is 19.9 Å². The van der Waals surface area contributed by atoms with Crippen molar-refractivity contribution in [3.63, 3.8) is 0 Å². The van der Waals surface area contributed by atoms with E-state index in [1.165, 1.54) is 6.07 Å². The van der Waals surface area contributed by atoms with Gasteiger partial charge in [-0.2, -0.15) is 0 Å². The molecule has 0 spiro atoms. The number of fused-ring (bicyclic) bond motifs is 1. The molecule has 0 aliphatic heterocycles. The van der Waals surface area contributed by atoms with Crippen LogP contribution in [0.2, 0.25) is 0 Å².